The minimum atomic E-state index is -3.16. The lowest BCUT2D eigenvalue weighted by molar-refractivity contribution is 0.570. The fraction of sp³-hybridized carbons (Fsp3) is 1.00. The molecule has 13 heavy (non-hydrogen) atoms. The topological polar surface area (TPSA) is 72.2 Å². The van der Waals surface area contributed by atoms with Gasteiger partial charge in [-0.1, -0.05) is 0 Å². The van der Waals surface area contributed by atoms with Gasteiger partial charge >= 0.3 is 0 Å². The number of thioether (sulfide) groups is 1. The summed E-state index contributed by atoms with van der Waals surface area (Å²) in [5.41, 5.74) is 5.16. The lowest BCUT2D eigenvalue weighted by Crippen LogP contribution is -2.38. The summed E-state index contributed by atoms with van der Waals surface area (Å²) in [4.78, 5) is 0. The first kappa shape index (κ1) is 13.2. The van der Waals surface area contributed by atoms with Gasteiger partial charge < -0.3 is 5.73 Å². The lowest BCUT2D eigenvalue weighted by Gasteiger charge is -2.21. The molecule has 0 unspecified atom stereocenters. The van der Waals surface area contributed by atoms with Crippen LogP contribution in [0.3, 0.4) is 0 Å². The van der Waals surface area contributed by atoms with Crippen LogP contribution in [0.1, 0.15) is 13.8 Å². The molecule has 0 spiro atoms. The molecule has 0 aliphatic rings. The fourth-order valence-electron chi connectivity index (χ4n) is 0.583. The zero-order valence-corrected chi connectivity index (χ0v) is 9.96. The average molecular weight is 226 g/mol. The molecular formula is C7H18N2O2S2. The van der Waals surface area contributed by atoms with Gasteiger partial charge in [0.25, 0.3) is 0 Å². The summed E-state index contributed by atoms with van der Waals surface area (Å²) >= 11 is 1.63. The second-order valence-corrected chi connectivity index (χ2v) is 6.83. The Morgan fingerprint density at radius 2 is 2.00 bits per heavy atom. The number of sulfonamides is 1. The summed E-state index contributed by atoms with van der Waals surface area (Å²) in [5, 5.41) is 0. The largest absolute Gasteiger partial charge is 0.329 e. The molecule has 0 aliphatic heterocycles. The third-order valence-electron chi connectivity index (χ3n) is 1.66. The highest BCUT2D eigenvalue weighted by Gasteiger charge is 2.19. The second kappa shape index (κ2) is 5.19. The molecule has 0 fully saturated rings. The molecule has 0 heterocycles. The minimum Gasteiger partial charge on any atom is -0.329 e. The van der Waals surface area contributed by atoms with Crippen molar-refractivity contribution < 1.29 is 8.42 Å². The van der Waals surface area contributed by atoms with Crippen molar-refractivity contribution in [1.82, 2.24) is 4.72 Å². The molecule has 0 rings (SSSR count). The van der Waals surface area contributed by atoms with Crippen molar-refractivity contribution in [1.29, 1.82) is 0 Å². The van der Waals surface area contributed by atoms with Crippen LogP contribution in [0.2, 0.25) is 0 Å². The molecule has 0 saturated heterocycles. The molecule has 0 radical (unpaired) electrons. The third kappa shape index (κ3) is 6.31. The highest BCUT2D eigenvalue weighted by Crippen LogP contribution is 2.19. The molecule has 0 atom stereocenters. The first-order chi connectivity index (χ1) is 5.83. The smallest absolute Gasteiger partial charge is 0.212 e. The SMILES string of the molecule is CSC(C)(C)CNS(=O)(=O)CCN. The first-order valence-electron chi connectivity index (χ1n) is 4.05. The summed E-state index contributed by atoms with van der Waals surface area (Å²) in [5.74, 6) is -0.00252. The molecule has 0 aliphatic carbocycles. The zero-order valence-electron chi connectivity index (χ0n) is 8.33. The second-order valence-electron chi connectivity index (χ2n) is 3.39. The van der Waals surface area contributed by atoms with E-state index in [0.717, 1.165) is 0 Å². The van der Waals surface area contributed by atoms with Crippen LogP contribution in [0.15, 0.2) is 0 Å². The highest BCUT2D eigenvalue weighted by molar-refractivity contribution is 8.00. The molecule has 0 aromatic heterocycles. The molecule has 3 N–H and O–H groups in total. The van der Waals surface area contributed by atoms with E-state index in [-0.39, 0.29) is 17.0 Å². The molecule has 4 nitrogen and oxygen atoms in total. The summed E-state index contributed by atoms with van der Waals surface area (Å²) in [6.07, 6.45) is 1.96. The van der Waals surface area contributed by atoms with Crippen molar-refractivity contribution >= 4 is 21.8 Å². The normalized spacial score (nSPS) is 13.2. The van der Waals surface area contributed by atoms with Crippen LogP contribution in [0.4, 0.5) is 0 Å². The highest BCUT2D eigenvalue weighted by atomic mass is 32.2. The summed E-state index contributed by atoms with van der Waals surface area (Å²) in [6, 6.07) is 0. The monoisotopic (exact) mass is 226 g/mol. The van der Waals surface area contributed by atoms with Crippen LogP contribution < -0.4 is 10.5 Å². The lowest BCUT2D eigenvalue weighted by atomic mass is 10.2. The van der Waals surface area contributed by atoms with Crippen LogP contribution in [-0.4, -0.2) is 38.3 Å². The molecule has 0 saturated carbocycles. The predicted octanol–water partition coefficient (Wildman–Crippen LogP) is 0.00610. The van der Waals surface area contributed by atoms with E-state index in [0.29, 0.717) is 6.54 Å². The van der Waals surface area contributed by atoms with Crippen molar-refractivity contribution in [3.8, 4) is 0 Å². The Labute approximate surface area is 84.7 Å². The van der Waals surface area contributed by atoms with Crippen LogP contribution in [0, 0.1) is 0 Å². The molecule has 0 aromatic carbocycles. The van der Waals surface area contributed by atoms with Crippen LogP contribution in [-0.2, 0) is 10.0 Å². The quantitative estimate of drug-likeness (QED) is 0.669. The van der Waals surface area contributed by atoms with Crippen molar-refractivity contribution in [2.24, 2.45) is 5.73 Å². The van der Waals surface area contributed by atoms with E-state index in [2.05, 4.69) is 4.72 Å². The van der Waals surface area contributed by atoms with Gasteiger partial charge in [0.15, 0.2) is 0 Å². The Morgan fingerprint density at radius 3 is 2.38 bits per heavy atom. The average Bonchev–Trinajstić information content (AvgIpc) is 2.02. The first-order valence-corrected chi connectivity index (χ1v) is 6.93. The van der Waals surface area contributed by atoms with Gasteiger partial charge in [0.1, 0.15) is 0 Å². The van der Waals surface area contributed by atoms with Crippen LogP contribution >= 0.6 is 11.8 Å². The van der Waals surface area contributed by atoms with Gasteiger partial charge in [-0.25, -0.2) is 13.1 Å². The molecule has 0 amide bonds. The maximum Gasteiger partial charge on any atom is 0.212 e. The Balaban J connectivity index is 4.02. The van der Waals surface area contributed by atoms with E-state index >= 15 is 0 Å². The summed E-state index contributed by atoms with van der Waals surface area (Å²) in [6.45, 7) is 4.58. The maximum absolute atomic E-state index is 11.2. The third-order valence-corrected chi connectivity index (χ3v) is 4.26. The molecule has 0 aromatic rings. The van der Waals surface area contributed by atoms with E-state index in [9.17, 15) is 8.42 Å². The van der Waals surface area contributed by atoms with Crippen LogP contribution in [0.25, 0.3) is 0 Å². The van der Waals surface area contributed by atoms with E-state index in [1.165, 1.54) is 0 Å². The van der Waals surface area contributed by atoms with Gasteiger partial charge in [-0.2, -0.15) is 11.8 Å². The van der Waals surface area contributed by atoms with Crippen molar-refractivity contribution in [2.45, 2.75) is 18.6 Å². The fourth-order valence-corrected chi connectivity index (χ4v) is 1.93. The molecule has 6 heteroatoms. The number of nitrogens with two attached hydrogens (primary N) is 1. The number of nitrogens with one attached hydrogen (secondary N) is 1. The van der Waals surface area contributed by atoms with E-state index in [1.54, 1.807) is 11.8 Å². The summed E-state index contributed by atoms with van der Waals surface area (Å²) < 4.78 is 24.8. The van der Waals surface area contributed by atoms with E-state index < -0.39 is 10.0 Å². The molecular weight excluding hydrogens is 208 g/mol. The number of hydrogen-bond donors (Lipinski definition) is 2. The van der Waals surface area contributed by atoms with Gasteiger partial charge in [-0.15, -0.1) is 0 Å². The van der Waals surface area contributed by atoms with Gasteiger partial charge in [-0.3, -0.25) is 0 Å². The van der Waals surface area contributed by atoms with Gasteiger partial charge in [-0.05, 0) is 20.1 Å². The van der Waals surface area contributed by atoms with Gasteiger partial charge in [0.05, 0.1) is 5.75 Å². The Morgan fingerprint density at radius 1 is 1.46 bits per heavy atom. The van der Waals surface area contributed by atoms with E-state index in [1.807, 2.05) is 20.1 Å². The Hall–Kier alpha value is 0.220. The summed E-state index contributed by atoms with van der Waals surface area (Å²) in [7, 11) is -3.16. The van der Waals surface area contributed by atoms with Crippen molar-refractivity contribution in [3.05, 3.63) is 0 Å². The number of rotatable bonds is 6. The maximum atomic E-state index is 11.2. The Bertz CT molecular complexity index is 237. The van der Waals surface area contributed by atoms with Crippen molar-refractivity contribution in [3.63, 3.8) is 0 Å². The molecule has 80 valence electrons. The molecule has 0 bridgehead atoms. The standard InChI is InChI=1S/C7H18N2O2S2/c1-7(2,12-3)6-9-13(10,11)5-4-8/h9H,4-6,8H2,1-3H3. The Kier molecular flexibility index (Phi) is 5.28. The van der Waals surface area contributed by atoms with E-state index in [4.69, 9.17) is 5.73 Å². The van der Waals surface area contributed by atoms with Gasteiger partial charge in [0, 0.05) is 17.8 Å². The van der Waals surface area contributed by atoms with Gasteiger partial charge in [0.2, 0.25) is 10.0 Å². The minimum absolute atomic E-state index is 0.00252. The van der Waals surface area contributed by atoms with Crippen LogP contribution in [0.5, 0.6) is 0 Å². The van der Waals surface area contributed by atoms with Crippen molar-refractivity contribution in [2.75, 3.05) is 25.1 Å². The predicted molar refractivity (Wildman–Crippen MR) is 58.4 cm³/mol. The zero-order chi connectivity index (χ0) is 10.5. The number of hydrogen-bond acceptors (Lipinski definition) is 4.